The quantitative estimate of drug-likeness (QED) is 0.764. The molecule has 0 bridgehead atoms. The van der Waals surface area contributed by atoms with Gasteiger partial charge in [-0.15, -0.1) is 10.2 Å². The van der Waals surface area contributed by atoms with Crippen molar-refractivity contribution >= 4 is 19.7 Å². The van der Waals surface area contributed by atoms with Crippen molar-refractivity contribution in [2.45, 2.75) is 18.6 Å². The highest BCUT2D eigenvalue weighted by Crippen LogP contribution is 2.21. The van der Waals surface area contributed by atoms with E-state index in [-0.39, 0.29) is 5.16 Å². The predicted octanol–water partition coefficient (Wildman–Crippen LogP) is 0.682. The lowest BCUT2D eigenvalue weighted by molar-refractivity contribution is 0.582. The Bertz CT molecular complexity index is 625. The second kappa shape index (κ2) is 4.38. The summed E-state index contributed by atoms with van der Waals surface area (Å²) >= 11 is 0. The van der Waals surface area contributed by atoms with Gasteiger partial charge in [-0.3, -0.25) is 4.57 Å². The van der Waals surface area contributed by atoms with Crippen molar-refractivity contribution in [3.63, 3.8) is 0 Å². The monoisotopic (exact) mass is 273 g/mol. The lowest BCUT2D eigenvalue weighted by Gasteiger charge is -2.04. The van der Waals surface area contributed by atoms with E-state index in [9.17, 15) is 8.42 Å². The first-order valence-electron chi connectivity index (χ1n) is 4.69. The normalized spacial score (nSPS) is 11.6. The van der Waals surface area contributed by atoms with Crippen molar-refractivity contribution in [2.24, 2.45) is 0 Å². The molecule has 0 spiro atoms. The molecule has 9 heteroatoms. The van der Waals surface area contributed by atoms with Gasteiger partial charge in [0.25, 0.3) is 14.2 Å². The fraction of sp³-hybridized carbons (Fsp3) is 0.250. The molecule has 0 aliphatic heterocycles. The van der Waals surface area contributed by atoms with Crippen molar-refractivity contribution in [2.75, 3.05) is 0 Å². The van der Waals surface area contributed by atoms with E-state index < -0.39 is 9.05 Å². The summed E-state index contributed by atoms with van der Waals surface area (Å²) in [7, 11) is 1.36. The van der Waals surface area contributed by atoms with Crippen LogP contribution in [0.5, 0.6) is 0 Å². The van der Waals surface area contributed by atoms with Gasteiger partial charge in [0, 0.05) is 22.8 Å². The number of hydrogen-bond donors (Lipinski definition) is 0. The van der Waals surface area contributed by atoms with Crippen LogP contribution in [0.4, 0.5) is 0 Å². The molecule has 0 saturated carbocycles. The van der Waals surface area contributed by atoms with Gasteiger partial charge < -0.3 is 0 Å². The predicted molar refractivity (Wildman–Crippen MR) is 59.8 cm³/mol. The lowest BCUT2D eigenvalue weighted by Crippen LogP contribution is -2.06. The van der Waals surface area contributed by atoms with Crippen LogP contribution in [0.1, 0.15) is 6.92 Å². The average molecular weight is 274 g/mol. The molecule has 0 atom stereocenters. The summed E-state index contributed by atoms with van der Waals surface area (Å²) in [6, 6.07) is 1.66. The first kappa shape index (κ1) is 11.9. The minimum Gasteiger partial charge on any atom is -0.297 e. The number of hydrogen-bond acceptors (Lipinski definition) is 6. The highest BCUT2D eigenvalue weighted by Gasteiger charge is 2.22. The molecule has 2 aromatic heterocycles. The summed E-state index contributed by atoms with van der Waals surface area (Å²) < 4.78 is 23.9. The van der Waals surface area contributed by atoms with Crippen LogP contribution >= 0.6 is 10.7 Å². The van der Waals surface area contributed by atoms with Crippen molar-refractivity contribution < 1.29 is 8.42 Å². The third kappa shape index (κ3) is 2.27. The van der Waals surface area contributed by atoms with Gasteiger partial charge >= 0.3 is 0 Å². The Morgan fingerprint density at radius 3 is 2.65 bits per heavy atom. The van der Waals surface area contributed by atoms with Gasteiger partial charge in [-0.05, 0) is 13.0 Å². The minimum atomic E-state index is -3.91. The maximum absolute atomic E-state index is 11.3. The molecule has 0 N–H and O–H groups in total. The molecule has 2 heterocycles. The molecule has 0 amide bonds. The Balaban J connectivity index is 2.62. The Hall–Kier alpha value is -1.54. The maximum atomic E-state index is 11.3. The molecule has 2 rings (SSSR count). The van der Waals surface area contributed by atoms with Crippen LogP contribution in [-0.2, 0) is 15.6 Å². The fourth-order valence-corrected chi connectivity index (χ4v) is 2.35. The standard InChI is InChI=1S/C8H8ClN5O2S/c1-2-14-7(6-3-4-10-11-5-6)12-13-8(14)17(9,15)16/h3-5H,2H2,1H3. The van der Waals surface area contributed by atoms with E-state index in [1.165, 1.54) is 17.0 Å². The average Bonchev–Trinajstić information content (AvgIpc) is 2.73. The summed E-state index contributed by atoms with van der Waals surface area (Å²) in [6.45, 7) is 2.15. The molecule has 0 aromatic carbocycles. The molecule has 0 radical (unpaired) electrons. The summed E-state index contributed by atoms with van der Waals surface area (Å²) in [6.07, 6.45) is 2.96. The zero-order valence-electron chi connectivity index (χ0n) is 8.78. The molecule has 0 fully saturated rings. The third-order valence-electron chi connectivity index (χ3n) is 2.09. The summed E-state index contributed by atoms with van der Waals surface area (Å²) in [5.41, 5.74) is 0.626. The van der Waals surface area contributed by atoms with Crippen LogP contribution in [0.15, 0.2) is 23.6 Å². The van der Waals surface area contributed by atoms with Gasteiger partial charge in [0.15, 0.2) is 5.82 Å². The Morgan fingerprint density at radius 2 is 2.12 bits per heavy atom. The lowest BCUT2D eigenvalue weighted by atomic mass is 10.3. The van der Waals surface area contributed by atoms with E-state index in [2.05, 4.69) is 20.4 Å². The first-order chi connectivity index (χ1) is 8.04. The SMILES string of the molecule is CCn1c(-c2ccnnc2)nnc1S(=O)(=O)Cl. The second-order valence-electron chi connectivity index (χ2n) is 3.12. The van der Waals surface area contributed by atoms with E-state index in [4.69, 9.17) is 10.7 Å². The molecule has 2 aromatic rings. The molecule has 0 aliphatic carbocycles. The highest BCUT2D eigenvalue weighted by atomic mass is 35.7. The summed E-state index contributed by atoms with van der Waals surface area (Å²) in [5, 5.41) is 14.4. The van der Waals surface area contributed by atoms with Crippen molar-refractivity contribution in [3.05, 3.63) is 18.5 Å². The number of halogens is 1. The zero-order valence-corrected chi connectivity index (χ0v) is 10.4. The summed E-state index contributed by atoms with van der Waals surface area (Å²) in [4.78, 5) is 0. The molecule has 90 valence electrons. The van der Waals surface area contributed by atoms with Gasteiger partial charge in [0.05, 0.1) is 12.4 Å². The van der Waals surface area contributed by atoms with Crippen LogP contribution in [0, 0.1) is 0 Å². The molecule has 7 nitrogen and oxygen atoms in total. The molecule has 0 saturated heterocycles. The van der Waals surface area contributed by atoms with E-state index in [0.29, 0.717) is 17.9 Å². The number of nitrogens with zero attached hydrogens (tertiary/aromatic N) is 5. The first-order valence-corrected chi connectivity index (χ1v) is 7.00. The molecule has 0 aliphatic rings. The van der Waals surface area contributed by atoms with E-state index in [1.807, 2.05) is 0 Å². The van der Waals surface area contributed by atoms with E-state index >= 15 is 0 Å². The Morgan fingerprint density at radius 1 is 1.35 bits per heavy atom. The fourth-order valence-electron chi connectivity index (χ4n) is 1.39. The molecule has 0 unspecified atom stereocenters. The van der Waals surface area contributed by atoms with Crippen LogP contribution < -0.4 is 0 Å². The number of rotatable bonds is 3. The topological polar surface area (TPSA) is 90.6 Å². The Kier molecular flexibility index (Phi) is 3.07. The molecular formula is C8H8ClN5O2S. The van der Waals surface area contributed by atoms with Crippen molar-refractivity contribution in [1.82, 2.24) is 25.0 Å². The van der Waals surface area contributed by atoms with Crippen molar-refractivity contribution in [1.29, 1.82) is 0 Å². The summed E-state index contributed by atoms with van der Waals surface area (Å²) in [5.74, 6) is 0.390. The minimum absolute atomic E-state index is 0.270. The van der Waals surface area contributed by atoms with Crippen molar-refractivity contribution in [3.8, 4) is 11.4 Å². The molecule has 17 heavy (non-hydrogen) atoms. The highest BCUT2D eigenvalue weighted by molar-refractivity contribution is 8.13. The largest absolute Gasteiger partial charge is 0.297 e. The van der Waals surface area contributed by atoms with Gasteiger partial charge in [-0.25, -0.2) is 8.42 Å². The zero-order chi connectivity index (χ0) is 12.5. The van der Waals surface area contributed by atoms with E-state index in [0.717, 1.165) is 0 Å². The van der Waals surface area contributed by atoms with Crippen LogP contribution in [0.25, 0.3) is 11.4 Å². The molecular weight excluding hydrogens is 266 g/mol. The maximum Gasteiger partial charge on any atom is 0.296 e. The van der Waals surface area contributed by atoms with Gasteiger partial charge in [0.1, 0.15) is 0 Å². The van der Waals surface area contributed by atoms with Crippen LogP contribution in [-0.4, -0.2) is 33.4 Å². The smallest absolute Gasteiger partial charge is 0.296 e. The van der Waals surface area contributed by atoms with Gasteiger partial charge in [-0.2, -0.15) is 10.2 Å². The second-order valence-corrected chi connectivity index (χ2v) is 5.58. The van der Waals surface area contributed by atoms with E-state index in [1.54, 1.807) is 13.0 Å². The third-order valence-corrected chi connectivity index (χ3v) is 3.25. The van der Waals surface area contributed by atoms with Gasteiger partial charge in [0.2, 0.25) is 0 Å². The van der Waals surface area contributed by atoms with Crippen LogP contribution in [0.2, 0.25) is 0 Å². The van der Waals surface area contributed by atoms with Crippen LogP contribution in [0.3, 0.4) is 0 Å². The van der Waals surface area contributed by atoms with Gasteiger partial charge in [-0.1, -0.05) is 0 Å². The Labute approximate surface area is 102 Å². The number of aromatic nitrogens is 5.